The predicted octanol–water partition coefficient (Wildman–Crippen LogP) is 0.552. The lowest BCUT2D eigenvalue weighted by Crippen LogP contribution is -2.41. The van der Waals surface area contributed by atoms with Gasteiger partial charge in [0.25, 0.3) is 5.91 Å². The third kappa shape index (κ3) is 10.6. The topological polar surface area (TPSA) is 98.3 Å². The Morgan fingerprint density at radius 3 is 2.56 bits per heavy atom. The number of aliphatic imine (C=N–C) groups is 1. The van der Waals surface area contributed by atoms with Crippen LogP contribution in [0.3, 0.4) is 0 Å². The number of likely N-dealkylation sites (N-methyl/N-ethyl adjacent to an activating group) is 1. The highest BCUT2D eigenvalue weighted by Crippen LogP contribution is 2.05. The van der Waals surface area contributed by atoms with Gasteiger partial charge in [0.1, 0.15) is 6.54 Å². The van der Waals surface area contributed by atoms with E-state index in [0.29, 0.717) is 18.1 Å². The number of morpholine rings is 1. The quantitative estimate of drug-likeness (QED) is 0.168. The molecule has 1 heterocycles. The van der Waals surface area contributed by atoms with Gasteiger partial charge >= 0.3 is 0 Å². The molecule has 0 bridgehead atoms. The molecule has 1 aromatic rings. The minimum Gasteiger partial charge on any atom is -0.379 e. The van der Waals surface area contributed by atoms with Crippen LogP contribution in [0.1, 0.15) is 22.3 Å². The summed E-state index contributed by atoms with van der Waals surface area (Å²) in [4.78, 5) is 32.1. The van der Waals surface area contributed by atoms with Crippen molar-refractivity contribution in [1.82, 2.24) is 25.8 Å². The second-order valence-electron chi connectivity index (χ2n) is 7.64. The first-order chi connectivity index (χ1) is 15.0. The average molecular weight is 560 g/mol. The molecule has 0 atom stereocenters. The van der Waals surface area contributed by atoms with E-state index in [-0.39, 0.29) is 42.3 Å². The molecule has 0 aromatic heterocycles. The van der Waals surface area contributed by atoms with Crippen LogP contribution in [0.4, 0.5) is 0 Å². The van der Waals surface area contributed by atoms with Crippen molar-refractivity contribution < 1.29 is 14.3 Å². The fraction of sp³-hybridized carbons (Fsp3) is 0.591. The van der Waals surface area contributed by atoms with Gasteiger partial charge in [-0.25, -0.2) is 4.99 Å². The molecule has 10 heteroatoms. The van der Waals surface area contributed by atoms with Crippen LogP contribution >= 0.6 is 24.0 Å². The molecule has 2 rings (SSSR count). The summed E-state index contributed by atoms with van der Waals surface area (Å²) in [7, 11) is 5.07. The van der Waals surface area contributed by atoms with Crippen LogP contribution in [0.5, 0.6) is 0 Å². The molecule has 1 aliphatic rings. The average Bonchev–Trinajstić information content (AvgIpc) is 2.79. The smallest absolute Gasteiger partial charge is 0.251 e. The summed E-state index contributed by atoms with van der Waals surface area (Å²) in [6, 6.07) is 7.57. The summed E-state index contributed by atoms with van der Waals surface area (Å²) in [5.41, 5.74) is 1.70. The molecule has 1 saturated heterocycles. The minimum absolute atomic E-state index is 0. The Balaban J connectivity index is 0.00000512. The highest BCUT2D eigenvalue weighted by atomic mass is 127. The van der Waals surface area contributed by atoms with Gasteiger partial charge in [-0.2, -0.15) is 0 Å². The van der Waals surface area contributed by atoms with Gasteiger partial charge in [-0.3, -0.25) is 14.5 Å². The molecule has 1 aliphatic heterocycles. The van der Waals surface area contributed by atoms with Crippen LogP contribution < -0.4 is 16.0 Å². The number of ether oxygens (including phenoxy) is 1. The molecule has 180 valence electrons. The van der Waals surface area contributed by atoms with E-state index in [1.54, 1.807) is 27.2 Å². The lowest BCUT2D eigenvalue weighted by Gasteiger charge is -2.26. The van der Waals surface area contributed by atoms with Crippen LogP contribution in [0.15, 0.2) is 29.3 Å². The SMILES string of the molecule is CNC(=O)c1cccc(CCNC(=NCC(=O)N(C)C)NCCCN2CCOCC2)c1.I. The molecule has 0 saturated carbocycles. The molecule has 9 nitrogen and oxygen atoms in total. The van der Waals surface area contributed by atoms with E-state index in [0.717, 1.165) is 57.8 Å². The van der Waals surface area contributed by atoms with Crippen molar-refractivity contribution in [2.75, 3.05) is 73.6 Å². The second-order valence-corrected chi connectivity index (χ2v) is 7.64. The zero-order valence-corrected chi connectivity index (χ0v) is 21.7. The van der Waals surface area contributed by atoms with Gasteiger partial charge in [0.15, 0.2) is 5.96 Å². The summed E-state index contributed by atoms with van der Waals surface area (Å²) < 4.78 is 5.38. The summed E-state index contributed by atoms with van der Waals surface area (Å²) in [5.74, 6) is 0.480. The van der Waals surface area contributed by atoms with Crippen LogP contribution in [-0.2, 0) is 16.0 Å². The van der Waals surface area contributed by atoms with Crippen molar-refractivity contribution in [2.45, 2.75) is 12.8 Å². The molecule has 3 N–H and O–H groups in total. The van der Waals surface area contributed by atoms with E-state index in [2.05, 4.69) is 25.8 Å². The molecule has 0 aliphatic carbocycles. The molecule has 2 amide bonds. The lowest BCUT2D eigenvalue weighted by atomic mass is 10.1. The Morgan fingerprint density at radius 2 is 1.88 bits per heavy atom. The van der Waals surface area contributed by atoms with Gasteiger partial charge in [-0.1, -0.05) is 12.1 Å². The summed E-state index contributed by atoms with van der Waals surface area (Å²) in [6.07, 6.45) is 1.72. The number of carbonyl (C=O) groups excluding carboxylic acids is 2. The first-order valence-corrected chi connectivity index (χ1v) is 10.8. The van der Waals surface area contributed by atoms with E-state index in [9.17, 15) is 9.59 Å². The fourth-order valence-corrected chi connectivity index (χ4v) is 3.13. The molecule has 1 fully saturated rings. The molecular formula is C22H37IN6O3. The van der Waals surface area contributed by atoms with Crippen molar-refractivity contribution in [1.29, 1.82) is 0 Å². The summed E-state index contributed by atoms with van der Waals surface area (Å²) >= 11 is 0. The monoisotopic (exact) mass is 560 g/mol. The number of nitrogens with one attached hydrogen (secondary N) is 3. The second kappa shape index (κ2) is 15.8. The normalized spacial score (nSPS) is 14.3. The third-order valence-corrected chi connectivity index (χ3v) is 5.04. The minimum atomic E-state index is -0.0961. The van der Waals surface area contributed by atoms with Gasteiger partial charge in [0.2, 0.25) is 5.91 Å². The predicted molar refractivity (Wildman–Crippen MR) is 138 cm³/mol. The number of nitrogens with zero attached hydrogens (tertiary/aromatic N) is 3. The number of hydrogen-bond acceptors (Lipinski definition) is 5. The number of guanidine groups is 1. The standard InChI is InChI=1S/C22H36N6O3.HI/c1-23-21(30)19-7-4-6-18(16-19)8-10-25-22(26-17-20(29)27(2)3)24-9-5-11-28-12-14-31-15-13-28;/h4,6-7,16H,5,8-15,17H2,1-3H3,(H,23,30)(H2,24,25,26);1H. The van der Waals surface area contributed by atoms with E-state index in [1.807, 2.05) is 18.2 Å². The Morgan fingerprint density at radius 1 is 1.16 bits per heavy atom. The fourth-order valence-electron chi connectivity index (χ4n) is 3.13. The molecule has 1 aromatic carbocycles. The van der Waals surface area contributed by atoms with Crippen molar-refractivity contribution in [2.24, 2.45) is 4.99 Å². The number of amides is 2. The molecule has 0 unspecified atom stereocenters. The van der Waals surface area contributed by atoms with Crippen molar-refractivity contribution >= 4 is 41.8 Å². The third-order valence-electron chi connectivity index (χ3n) is 5.04. The van der Waals surface area contributed by atoms with Gasteiger partial charge in [0.05, 0.1) is 13.2 Å². The van der Waals surface area contributed by atoms with Gasteiger partial charge < -0.3 is 25.6 Å². The molecule has 0 radical (unpaired) electrons. The highest BCUT2D eigenvalue weighted by Gasteiger charge is 2.10. The largest absolute Gasteiger partial charge is 0.379 e. The molecule has 0 spiro atoms. The lowest BCUT2D eigenvalue weighted by molar-refractivity contribution is -0.127. The Kier molecular flexibility index (Phi) is 13.9. The van der Waals surface area contributed by atoms with Crippen LogP contribution in [0, 0.1) is 0 Å². The van der Waals surface area contributed by atoms with Crippen molar-refractivity contribution in [3.05, 3.63) is 35.4 Å². The van der Waals surface area contributed by atoms with E-state index < -0.39 is 0 Å². The van der Waals surface area contributed by atoms with Crippen molar-refractivity contribution in [3.8, 4) is 0 Å². The Labute approximate surface area is 208 Å². The van der Waals surface area contributed by atoms with E-state index in [4.69, 9.17) is 4.74 Å². The van der Waals surface area contributed by atoms with Crippen LogP contribution in [0.2, 0.25) is 0 Å². The number of halogens is 1. The number of carbonyl (C=O) groups is 2. The Bertz CT molecular complexity index is 738. The molecule has 32 heavy (non-hydrogen) atoms. The van der Waals surface area contributed by atoms with Gasteiger partial charge in [-0.05, 0) is 37.1 Å². The van der Waals surface area contributed by atoms with Gasteiger partial charge in [0, 0.05) is 52.9 Å². The maximum Gasteiger partial charge on any atom is 0.251 e. The van der Waals surface area contributed by atoms with Gasteiger partial charge in [-0.15, -0.1) is 24.0 Å². The molecular weight excluding hydrogens is 523 g/mol. The summed E-state index contributed by atoms with van der Waals surface area (Å²) in [5, 5.41) is 9.26. The van der Waals surface area contributed by atoms with E-state index >= 15 is 0 Å². The van der Waals surface area contributed by atoms with Crippen LogP contribution in [0.25, 0.3) is 0 Å². The maximum absolute atomic E-state index is 11.9. The number of benzene rings is 1. The maximum atomic E-state index is 11.9. The Hall–Kier alpha value is -1.92. The van der Waals surface area contributed by atoms with Crippen molar-refractivity contribution in [3.63, 3.8) is 0 Å². The van der Waals surface area contributed by atoms with E-state index in [1.165, 1.54) is 4.90 Å². The van der Waals surface area contributed by atoms with Crippen LogP contribution in [-0.4, -0.2) is 101 Å². The summed E-state index contributed by atoms with van der Waals surface area (Å²) in [6.45, 7) is 6.07. The number of rotatable bonds is 10. The zero-order valence-electron chi connectivity index (χ0n) is 19.4. The zero-order chi connectivity index (χ0) is 22.5. The number of hydrogen-bond donors (Lipinski definition) is 3. The first-order valence-electron chi connectivity index (χ1n) is 10.8. The highest BCUT2D eigenvalue weighted by molar-refractivity contribution is 14.0. The first kappa shape index (κ1) is 28.1.